The first-order valence-corrected chi connectivity index (χ1v) is 7.61. The minimum atomic E-state index is 0.705. The van der Waals surface area contributed by atoms with Crippen molar-refractivity contribution >= 4 is 11.4 Å². The van der Waals surface area contributed by atoms with Gasteiger partial charge in [0.1, 0.15) is 0 Å². The van der Waals surface area contributed by atoms with Gasteiger partial charge in [0, 0.05) is 26.7 Å². The Morgan fingerprint density at radius 3 is 2.33 bits per heavy atom. The normalized spacial score (nSPS) is 14.2. The van der Waals surface area contributed by atoms with E-state index < -0.39 is 0 Å². The Morgan fingerprint density at radius 1 is 0.905 bits per heavy atom. The van der Waals surface area contributed by atoms with Crippen LogP contribution in [0.2, 0.25) is 0 Å². The molecular formula is C18H23N3. The third kappa shape index (κ3) is 2.88. The van der Waals surface area contributed by atoms with Crippen molar-refractivity contribution in [2.75, 3.05) is 36.5 Å². The Morgan fingerprint density at radius 2 is 1.57 bits per heavy atom. The van der Waals surface area contributed by atoms with Crippen molar-refractivity contribution in [2.45, 2.75) is 13.0 Å². The molecule has 110 valence electrons. The van der Waals surface area contributed by atoms with Gasteiger partial charge in [-0.25, -0.2) is 0 Å². The van der Waals surface area contributed by atoms with Gasteiger partial charge in [0.2, 0.25) is 0 Å². The fourth-order valence-electron chi connectivity index (χ4n) is 3.05. The first kappa shape index (κ1) is 14.0. The number of nitrogens with zero attached hydrogens (tertiary/aromatic N) is 2. The lowest BCUT2D eigenvalue weighted by molar-refractivity contribution is 0.730. The van der Waals surface area contributed by atoms with Crippen molar-refractivity contribution in [3.63, 3.8) is 0 Å². The third-order valence-electron chi connectivity index (χ3n) is 4.23. The standard InChI is InChI=1S/C18H23N3/c1-20-12-13-21(18-9-5-4-8-17(18)20)14-16-7-3-2-6-15(16)10-11-19/h2-9H,10-14,19H2,1H3. The van der Waals surface area contributed by atoms with Gasteiger partial charge in [-0.1, -0.05) is 36.4 Å². The predicted molar refractivity (Wildman–Crippen MR) is 90.0 cm³/mol. The maximum absolute atomic E-state index is 5.74. The molecule has 0 aromatic heterocycles. The lowest BCUT2D eigenvalue weighted by Crippen LogP contribution is -2.38. The summed E-state index contributed by atoms with van der Waals surface area (Å²) in [4.78, 5) is 4.81. The molecule has 1 heterocycles. The van der Waals surface area contributed by atoms with Crippen LogP contribution in [0, 0.1) is 0 Å². The number of hydrogen-bond acceptors (Lipinski definition) is 3. The average molecular weight is 281 g/mol. The molecule has 2 aromatic rings. The zero-order valence-electron chi connectivity index (χ0n) is 12.6. The van der Waals surface area contributed by atoms with Gasteiger partial charge in [-0.2, -0.15) is 0 Å². The highest BCUT2D eigenvalue weighted by molar-refractivity contribution is 5.73. The van der Waals surface area contributed by atoms with E-state index in [4.69, 9.17) is 5.73 Å². The number of hydrogen-bond donors (Lipinski definition) is 1. The number of rotatable bonds is 4. The quantitative estimate of drug-likeness (QED) is 0.935. The van der Waals surface area contributed by atoms with Crippen molar-refractivity contribution in [1.82, 2.24) is 0 Å². The topological polar surface area (TPSA) is 32.5 Å². The van der Waals surface area contributed by atoms with Gasteiger partial charge in [0.25, 0.3) is 0 Å². The van der Waals surface area contributed by atoms with Crippen LogP contribution in [0.25, 0.3) is 0 Å². The number of para-hydroxylation sites is 2. The van der Waals surface area contributed by atoms with Crippen molar-refractivity contribution in [1.29, 1.82) is 0 Å². The summed E-state index contributed by atoms with van der Waals surface area (Å²) in [6, 6.07) is 17.3. The van der Waals surface area contributed by atoms with E-state index in [1.807, 2.05) is 0 Å². The fourth-order valence-corrected chi connectivity index (χ4v) is 3.05. The molecule has 0 saturated carbocycles. The second-order valence-electron chi connectivity index (χ2n) is 5.64. The highest BCUT2D eigenvalue weighted by Crippen LogP contribution is 2.33. The second-order valence-corrected chi connectivity index (χ2v) is 5.64. The van der Waals surface area contributed by atoms with Crippen LogP contribution in [0.1, 0.15) is 11.1 Å². The van der Waals surface area contributed by atoms with Crippen LogP contribution in [0.15, 0.2) is 48.5 Å². The van der Waals surface area contributed by atoms with E-state index in [0.29, 0.717) is 6.54 Å². The van der Waals surface area contributed by atoms with Gasteiger partial charge in [0.05, 0.1) is 11.4 Å². The third-order valence-corrected chi connectivity index (χ3v) is 4.23. The molecule has 3 nitrogen and oxygen atoms in total. The summed E-state index contributed by atoms with van der Waals surface area (Å²) in [5.41, 5.74) is 11.1. The van der Waals surface area contributed by atoms with Crippen LogP contribution in [0.5, 0.6) is 0 Å². The van der Waals surface area contributed by atoms with Gasteiger partial charge in [-0.3, -0.25) is 0 Å². The zero-order valence-corrected chi connectivity index (χ0v) is 12.6. The SMILES string of the molecule is CN1CCN(Cc2ccccc2CCN)c2ccccc21. The zero-order chi connectivity index (χ0) is 14.7. The van der Waals surface area contributed by atoms with E-state index in [-0.39, 0.29) is 0 Å². The summed E-state index contributed by atoms with van der Waals surface area (Å²) in [6.45, 7) is 3.79. The van der Waals surface area contributed by atoms with E-state index >= 15 is 0 Å². The van der Waals surface area contributed by atoms with Crippen molar-refractivity contribution in [3.05, 3.63) is 59.7 Å². The predicted octanol–water partition coefficient (Wildman–Crippen LogP) is 2.64. The van der Waals surface area contributed by atoms with Crippen LogP contribution >= 0.6 is 0 Å². The molecule has 1 aliphatic rings. The number of fused-ring (bicyclic) bond motifs is 1. The molecule has 0 spiro atoms. The molecule has 0 fully saturated rings. The van der Waals surface area contributed by atoms with Gasteiger partial charge in [-0.15, -0.1) is 0 Å². The summed E-state index contributed by atoms with van der Waals surface area (Å²) in [6.07, 6.45) is 0.950. The Labute approximate surface area is 127 Å². The molecule has 0 amide bonds. The number of nitrogens with two attached hydrogens (primary N) is 1. The Balaban J connectivity index is 1.88. The summed E-state index contributed by atoms with van der Waals surface area (Å²) >= 11 is 0. The van der Waals surface area contributed by atoms with Crippen molar-refractivity contribution < 1.29 is 0 Å². The number of likely N-dealkylation sites (N-methyl/N-ethyl adjacent to an activating group) is 1. The van der Waals surface area contributed by atoms with Gasteiger partial charge < -0.3 is 15.5 Å². The van der Waals surface area contributed by atoms with E-state index in [1.165, 1.54) is 22.5 Å². The number of anilines is 2. The maximum Gasteiger partial charge on any atom is 0.0607 e. The fraction of sp³-hybridized carbons (Fsp3) is 0.333. The largest absolute Gasteiger partial charge is 0.371 e. The van der Waals surface area contributed by atoms with Gasteiger partial charge >= 0.3 is 0 Å². The summed E-state index contributed by atoms with van der Waals surface area (Å²) < 4.78 is 0. The van der Waals surface area contributed by atoms with Gasteiger partial charge in [0.15, 0.2) is 0 Å². The number of benzene rings is 2. The van der Waals surface area contributed by atoms with Crippen LogP contribution in [0.4, 0.5) is 11.4 Å². The van der Waals surface area contributed by atoms with Crippen molar-refractivity contribution in [2.24, 2.45) is 5.73 Å². The van der Waals surface area contributed by atoms with E-state index in [0.717, 1.165) is 26.1 Å². The molecule has 3 rings (SSSR count). The molecule has 3 heteroatoms. The molecule has 2 aromatic carbocycles. The molecule has 0 bridgehead atoms. The smallest absolute Gasteiger partial charge is 0.0607 e. The van der Waals surface area contributed by atoms with Crippen LogP contribution in [-0.4, -0.2) is 26.7 Å². The molecule has 0 aliphatic carbocycles. The molecule has 2 N–H and O–H groups in total. The van der Waals surface area contributed by atoms with Gasteiger partial charge in [-0.05, 0) is 36.2 Å². The summed E-state index contributed by atoms with van der Waals surface area (Å²) in [5, 5.41) is 0. The summed E-state index contributed by atoms with van der Waals surface area (Å²) in [5.74, 6) is 0. The monoisotopic (exact) mass is 281 g/mol. The van der Waals surface area contributed by atoms with Crippen LogP contribution in [-0.2, 0) is 13.0 Å². The van der Waals surface area contributed by atoms with Crippen LogP contribution in [0.3, 0.4) is 0 Å². The second kappa shape index (κ2) is 6.19. The lowest BCUT2D eigenvalue weighted by atomic mass is 10.0. The molecule has 21 heavy (non-hydrogen) atoms. The highest BCUT2D eigenvalue weighted by Gasteiger charge is 2.20. The molecule has 0 unspecified atom stereocenters. The first-order valence-electron chi connectivity index (χ1n) is 7.61. The van der Waals surface area contributed by atoms with E-state index in [9.17, 15) is 0 Å². The molecular weight excluding hydrogens is 258 g/mol. The molecule has 0 saturated heterocycles. The minimum Gasteiger partial charge on any atom is -0.371 e. The molecule has 0 atom stereocenters. The minimum absolute atomic E-state index is 0.705. The lowest BCUT2D eigenvalue weighted by Gasteiger charge is -2.37. The molecule has 1 aliphatic heterocycles. The van der Waals surface area contributed by atoms with Crippen molar-refractivity contribution in [3.8, 4) is 0 Å². The Bertz CT molecular complexity index is 609. The van der Waals surface area contributed by atoms with E-state index in [2.05, 4.69) is 65.4 Å². The Kier molecular flexibility index (Phi) is 4.11. The Hall–Kier alpha value is -2.00. The summed E-state index contributed by atoms with van der Waals surface area (Å²) in [7, 11) is 2.17. The first-order chi connectivity index (χ1) is 10.3. The van der Waals surface area contributed by atoms with E-state index in [1.54, 1.807) is 0 Å². The maximum atomic E-state index is 5.74. The molecule has 0 radical (unpaired) electrons. The van der Waals surface area contributed by atoms with Crippen LogP contribution < -0.4 is 15.5 Å². The highest BCUT2D eigenvalue weighted by atomic mass is 15.2. The average Bonchev–Trinajstić information content (AvgIpc) is 2.52.